The molecular formula is C18H20BrNO3S2. The molecule has 1 saturated heterocycles. The number of likely N-dealkylation sites (N-methyl/N-ethyl adjacent to an activating group) is 1. The summed E-state index contributed by atoms with van der Waals surface area (Å²) in [7, 11) is 2.10. The Labute approximate surface area is 165 Å². The average Bonchev–Trinajstić information content (AvgIpc) is 3.30. The van der Waals surface area contributed by atoms with Gasteiger partial charge in [-0.1, -0.05) is 24.3 Å². The first-order valence-electron chi connectivity index (χ1n) is 8.00. The normalized spacial score (nSPS) is 25.6. The highest BCUT2D eigenvalue weighted by Crippen LogP contribution is 2.38. The van der Waals surface area contributed by atoms with Gasteiger partial charge in [-0.25, -0.2) is 4.79 Å². The number of hydrogen-bond acceptors (Lipinski definition) is 6. The Morgan fingerprint density at radius 2 is 1.68 bits per heavy atom. The molecule has 1 N–H and O–H groups in total. The standard InChI is InChI=1S/C18H19NO3S2.BrH/c1-19-12-6-7-13(19)11-14(10-12)22-17(20)18(21,15-4-2-8-23-15)16-5-3-9-24-16;/h2-9,12-14,21H,10-11H2,1H3;1H/t12-,13+,14?;. The van der Waals surface area contributed by atoms with Crippen LogP contribution >= 0.6 is 39.7 Å². The summed E-state index contributed by atoms with van der Waals surface area (Å²) in [5.41, 5.74) is -1.71. The summed E-state index contributed by atoms with van der Waals surface area (Å²) >= 11 is 2.74. The molecule has 0 amide bonds. The van der Waals surface area contributed by atoms with E-state index in [1.807, 2.05) is 22.9 Å². The molecule has 2 aliphatic rings. The summed E-state index contributed by atoms with van der Waals surface area (Å²) in [5, 5.41) is 15.0. The average molecular weight is 442 g/mol. The molecule has 3 atom stereocenters. The van der Waals surface area contributed by atoms with Gasteiger partial charge in [-0.05, 0) is 29.9 Å². The third-order valence-electron chi connectivity index (χ3n) is 4.94. The zero-order chi connectivity index (χ0) is 16.7. The molecule has 4 rings (SSSR count). The van der Waals surface area contributed by atoms with Crippen LogP contribution in [0.5, 0.6) is 0 Å². The van der Waals surface area contributed by atoms with Crippen molar-refractivity contribution < 1.29 is 14.6 Å². The zero-order valence-electron chi connectivity index (χ0n) is 13.7. The van der Waals surface area contributed by atoms with Crippen LogP contribution in [-0.2, 0) is 15.1 Å². The summed E-state index contributed by atoms with van der Waals surface area (Å²) in [6.07, 6.45) is 5.76. The highest BCUT2D eigenvalue weighted by molar-refractivity contribution is 8.93. The highest BCUT2D eigenvalue weighted by atomic mass is 79.9. The molecule has 2 aromatic heterocycles. The first-order valence-corrected chi connectivity index (χ1v) is 9.76. The van der Waals surface area contributed by atoms with E-state index in [0.717, 1.165) is 12.8 Å². The van der Waals surface area contributed by atoms with Gasteiger partial charge in [-0.2, -0.15) is 0 Å². The molecule has 0 spiro atoms. The summed E-state index contributed by atoms with van der Waals surface area (Å²) in [6, 6.07) is 7.88. The molecule has 0 radical (unpaired) electrons. The van der Waals surface area contributed by atoms with Crippen LogP contribution in [0.2, 0.25) is 0 Å². The maximum atomic E-state index is 13.0. The van der Waals surface area contributed by atoms with Gasteiger partial charge in [0.1, 0.15) is 6.10 Å². The third kappa shape index (κ3) is 3.24. The summed E-state index contributed by atoms with van der Waals surface area (Å²) < 4.78 is 5.79. The van der Waals surface area contributed by atoms with Gasteiger partial charge in [0.2, 0.25) is 5.60 Å². The van der Waals surface area contributed by atoms with Gasteiger partial charge in [0.15, 0.2) is 0 Å². The molecule has 1 fully saturated rings. The largest absolute Gasteiger partial charge is 0.460 e. The number of halogens is 1. The van der Waals surface area contributed by atoms with Crippen molar-refractivity contribution in [3.05, 3.63) is 56.9 Å². The van der Waals surface area contributed by atoms with Gasteiger partial charge >= 0.3 is 5.97 Å². The van der Waals surface area contributed by atoms with E-state index in [9.17, 15) is 9.90 Å². The fourth-order valence-corrected chi connectivity index (χ4v) is 5.24. The minimum atomic E-state index is -1.71. The van der Waals surface area contributed by atoms with E-state index in [-0.39, 0.29) is 23.1 Å². The lowest BCUT2D eigenvalue weighted by Crippen LogP contribution is -2.46. The van der Waals surface area contributed by atoms with Gasteiger partial charge < -0.3 is 9.84 Å². The number of thiophene rings is 2. The van der Waals surface area contributed by atoms with E-state index in [4.69, 9.17) is 4.74 Å². The number of hydrogen-bond donors (Lipinski definition) is 1. The minimum absolute atomic E-state index is 0. The zero-order valence-corrected chi connectivity index (χ0v) is 17.0. The number of fused-ring (bicyclic) bond motifs is 2. The molecule has 2 aliphatic heterocycles. The first-order chi connectivity index (χ1) is 11.6. The number of aliphatic hydroxyl groups is 1. The van der Waals surface area contributed by atoms with Crippen LogP contribution in [0, 0.1) is 0 Å². The van der Waals surface area contributed by atoms with Crippen molar-refractivity contribution in [1.29, 1.82) is 0 Å². The predicted molar refractivity (Wildman–Crippen MR) is 106 cm³/mol. The maximum Gasteiger partial charge on any atom is 0.349 e. The molecule has 4 nitrogen and oxygen atoms in total. The molecule has 0 saturated carbocycles. The van der Waals surface area contributed by atoms with Crippen LogP contribution < -0.4 is 0 Å². The fraction of sp³-hybridized carbons (Fsp3) is 0.389. The van der Waals surface area contributed by atoms with E-state index < -0.39 is 11.6 Å². The second-order valence-electron chi connectivity index (χ2n) is 6.35. The van der Waals surface area contributed by atoms with Gasteiger partial charge in [0, 0.05) is 24.9 Å². The lowest BCUT2D eigenvalue weighted by molar-refractivity contribution is -0.170. The Kier molecular flexibility index (Phi) is 5.51. The second-order valence-corrected chi connectivity index (χ2v) is 8.24. The Hall–Kier alpha value is -0.990. The van der Waals surface area contributed by atoms with Crippen molar-refractivity contribution in [2.24, 2.45) is 0 Å². The SMILES string of the molecule is Br.CN1[C@@H]2C=C[C@H]1CC(OC(=O)C(O)(c1cccs1)c1cccs1)C2. The van der Waals surface area contributed by atoms with Crippen molar-refractivity contribution >= 4 is 45.6 Å². The van der Waals surface area contributed by atoms with E-state index in [1.165, 1.54) is 22.7 Å². The summed E-state index contributed by atoms with van der Waals surface area (Å²) in [5.74, 6) is -0.568. The predicted octanol–water partition coefficient (Wildman–Crippen LogP) is 3.57. The van der Waals surface area contributed by atoms with Crippen molar-refractivity contribution in [2.75, 3.05) is 7.05 Å². The van der Waals surface area contributed by atoms with Crippen molar-refractivity contribution in [2.45, 2.75) is 36.6 Å². The van der Waals surface area contributed by atoms with Crippen molar-refractivity contribution in [1.82, 2.24) is 4.90 Å². The second kappa shape index (κ2) is 7.32. The Balaban J connectivity index is 0.00000182. The molecule has 2 bridgehead atoms. The van der Waals surface area contributed by atoms with Gasteiger partial charge in [-0.15, -0.1) is 39.7 Å². The molecule has 1 unspecified atom stereocenters. The quantitative estimate of drug-likeness (QED) is 0.581. The monoisotopic (exact) mass is 441 g/mol. The molecule has 0 aliphatic carbocycles. The molecule has 134 valence electrons. The third-order valence-corrected chi connectivity index (χ3v) is 6.89. The highest BCUT2D eigenvalue weighted by Gasteiger charge is 2.46. The number of nitrogens with zero attached hydrogens (tertiary/aromatic N) is 1. The van der Waals surface area contributed by atoms with E-state index in [2.05, 4.69) is 24.1 Å². The molecular weight excluding hydrogens is 422 g/mol. The topological polar surface area (TPSA) is 49.8 Å². The van der Waals surface area contributed by atoms with Crippen LogP contribution in [0.4, 0.5) is 0 Å². The van der Waals surface area contributed by atoms with E-state index in [1.54, 1.807) is 12.1 Å². The molecule has 25 heavy (non-hydrogen) atoms. The number of rotatable bonds is 4. The van der Waals surface area contributed by atoms with Crippen LogP contribution in [-0.4, -0.2) is 41.2 Å². The maximum absolute atomic E-state index is 13.0. The van der Waals surface area contributed by atoms with Gasteiger partial charge in [0.25, 0.3) is 0 Å². The molecule has 4 heterocycles. The van der Waals surface area contributed by atoms with E-state index in [0.29, 0.717) is 21.8 Å². The van der Waals surface area contributed by atoms with Gasteiger partial charge in [0.05, 0.1) is 9.75 Å². The Morgan fingerprint density at radius 3 is 2.12 bits per heavy atom. The van der Waals surface area contributed by atoms with E-state index >= 15 is 0 Å². The Bertz CT molecular complexity index is 694. The smallest absolute Gasteiger partial charge is 0.349 e. The first kappa shape index (κ1) is 18.8. The lowest BCUT2D eigenvalue weighted by Gasteiger charge is -2.37. The van der Waals surface area contributed by atoms with Crippen LogP contribution in [0.25, 0.3) is 0 Å². The van der Waals surface area contributed by atoms with Crippen LogP contribution in [0.15, 0.2) is 47.2 Å². The fourth-order valence-electron chi connectivity index (χ4n) is 3.52. The van der Waals surface area contributed by atoms with Crippen LogP contribution in [0.1, 0.15) is 22.6 Å². The Morgan fingerprint density at radius 1 is 1.16 bits per heavy atom. The summed E-state index contributed by atoms with van der Waals surface area (Å²) in [4.78, 5) is 16.5. The summed E-state index contributed by atoms with van der Waals surface area (Å²) in [6.45, 7) is 0. The van der Waals surface area contributed by atoms with Crippen molar-refractivity contribution in [3.63, 3.8) is 0 Å². The number of piperidine rings is 1. The molecule has 0 aromatic carbocycles. The van der Waals surface area contributed by atoms with Crippen molar-refractivity contribution in [3.8, 4) is 0 Å². The van der Waals surface area contributed by atoms with Gasteiger partial charge in [-0.3, -0.25) is 4.90 Å². The number of carbonyl (C=O) groups is 1. The number of esters is 1. The molecule has 2 aromatic rings. The number of carbonyl (C=O) groups excluding carboxylic acids is 1. The van der Waals surface area contributed by atoms with Crippen LogP contribution in [0.3, 0.4) is 0 Å². The minimum Gasteiger partial charge on any atom is -0.460 e. The number of ether oxygens (including phenoxy) is 1. The molecule has 7 heteroatoms. The lowest BCUT2D eigenvalue weighted by atomic mass is 9.97.